The fourth-order valence-corrected chi connectivity index (χ4v) is 2.10. The maximum Gasteiger partial charge on any atom is 0.259 e. The zero-order valence-electron chi connectivity index (χ0n) is 8.67. The molecule has 7 heteroatoms. The lowest BCUT2D eigenvalue weighted by atomic mass is 10.2. The first-order valence-electron chi connectivity index (χ1n) is 4.52. The van der Waals surface area contributed by atoms with Crippen LogP contribution in [-0.4, -0.2) is 18.7 Å². The molecule has 0 amide bonds. The summed E-state index contributed by atoms with van der Waals surface area (Å²) in [7, 11) is 0. The molecule has 0 radical (unpaired) electrons. The number of benzene rings is 1. The third-order valence-electron chi connectivity index (χ3n) is 2.27. The smallest absolute Gasteiger partial charge is 0.259 e. The van der Waals surface area contributed by atoms with Gasteiger partial charge in [0.2, 0.25) is 0 Å². The second-order valence-corrected chi connectivity index (χ2v) is 4.54. The van der Waals surface area contributed by atoms with Crippen LogP contribution in [0.2, 0.25) is 5.02 Å². The molecule has 1 aromatic carbocycles. The van der Waals surface area contributed by atoms with Crippen LogP contribution >= 0.6 is 11.6 Å². The van der Waals surface area contributed by atoms with E-state index in [1.807, 2.05) is 13.8 Å². The Morgan fingerprint density at radius 1 is 1.56 bits per heavy atom. The fourth-order valence-electron chi connectivity index (χ4n) is 1.55. The number of H-pyrrole nitrogens is 1. The SMILES string of the molecule is Cc1nc2c(C)c(Cl)cc(NS(=O)O)c2[nH]1. The van der Waals surface area contributed by atoms with Gasteiger partial charge in [-0.1, -0.05) is 11.6 Å². The first-order valence-corrected chi connectivity index (χ1v) is 6.00. The zero-order chi connectivity index (χ0) is 11.9. The maximum absolute atomic E-state index is 10.7. The molecule has 2 rings (SSSR count). The highest BCUT2D eigenvalue weighted by Crippen LogP contribution is 2.30. The number of nitrogens with zero attached hydrogens (tertiary/aromatic N) is 1. The Balaban J connectivity index is 2.73. The van der Waals surface area contributed by atoms with Crippen LogP contribution < -0.4 is 4.72 Å². The van der Waals surface area contributed by atoms with Crippen molar-refractivity contribution in [2.75, 3.05) is 4.72 Å². The molecular formula is C9H10ClN3O2S. The first kappa shape index (κ1) is 11.4. The molecule has 1 heterocycles. The number of aryl methyl sites for hydroxylation is 2. The van der Waals surface area contributed by atoms with Gasteiger partial charge in [-0.15, -0.1) is 0 Å². The van der Waals surface area contributed by atoms with Crippen LogP contribution in [0.1, 0.15) is 11.4 Å². The van der Waals surface area contributed by atoms with Crippen LogP contribution in [-0.2, 0) is 11.3 Å². The topological polar surface area (TPSA) is 78.0 Å². The normalized spacial score (nSPS) is 13.0. The van der Waals surface area contributed by atoms with Crippen molar-refractivity contribution in [3.63, 3.8) is 0 Å². The number of nitrogens with one attached hydrogen (secondary N) is 2. The van der Waals surface area contributed by atoms with Gasteiger partial charge in [-0.2, -0.15) is 0 Å². The largest absolute Gasteiger partial charge is 0.340 e. The third-order valence-corrected chi connectivity index (χ3v) is 3.06. The number of anilines is 1. The molecule has 0 aliphatic rings. The van der Waals surface area contributed by atoms with Crippen molar-refractivity contribution in [2.45, 2.75) is 13.8 Å². The zero-order valence-corrected chi connectivity index (χ0v) is 10.2. The van der Waals surface area contributed by atoms with E-state index in [9.17, 15) is 4.21 Å². The number of aromatic nitrogens is 2. The molecule has 0 saturated carbocycles. The van der Waals surface area contributed by atoms with Gasteiger partial charge in [-0.05, 0) is 25.5 Å². The number of imidazole rings is 1. The minimum absolute atomic E-state index is 0.465. The van der Waals surface area contributed by atoms with Gasteiger partial charge in [-0.3, -0.25) is 9.27 Å². The average Bonchev–Trinajstić information content (AvgIpc) is 2.56. The molecule has 3 N–H and O–H groups in total. The summed E-state index contributed by atoms with van der Waals surface area (Å²) in [4.78, 5) is 7.30. The van der Waals surface area contributed by atoms with Crippen LogP contribution in [0.25, 0.3) is 11.0 Å². The van der Waals surface area contributed by atoms with Crippen LogP contribution in [0, 0.1) is 13.8 Å². The number of halogens is 1. The Morgan fingerprint density at radius 3 is 2.88 bits per heavy atom. The lowest BCUT2D eigenvalue weighted by molar-refractivity contribution is 0.570. The van der Waals surface area contributed by atoms with E-state index < -0.39 is 11.3 Å². The quantitative estimate of drug-likeness (QED) is 0.725. The first-order chi connectivity index (χ1) is 7.49. The Hall–Kier alpha value is -1.11. The van der Waals surface area contributed by atoms with Crippen molar-refractivity contribution in [3.05, 3.63) is 22.5 Å². The predicted octanol–water partition coefficient (Wildman–Crippen LogP) is 2.38. The van der Waals surface area contributed by atoms with Gasteiger partial charge in [0, 0.05) is 5.02 Å². The molecular weight excluding hydrogens is 250 g/mol. The van der Waals surface area contributed by atoms with Crippen LogP contribution in [0.5, 0.6) is 0 Å². The standard InChI is InChI=1S/C9H10ClN3O2S/c1-4-6(10)3-7(13-16(14)15)9-8(4)11-5(2)12-9/h3,13H,1-2H3,(H,11,12)(H,14,15). The average molecular weight is 260 g/mol. The third kappa shape index (κ3) is 1.91. The van der Waals surface area contributed by atoms with E-state index >= 15 is 0 Å². The second-order valence-electron chi connectivity index (χ2n) is 3.43. The van der Waals surface area contributed by atoms with Gasteiger partial charge < -0.3 is 4.98 Å². The van der Waals surface area contributed by atoms with Crippen LogP contribution in [0.4, 0.5) is 5.69 Å². The van der Waals surface area contributed by atoms with Gasteiger partial charge in [0.25, 0.3) is 11.3 Å². The van der Waals surface area contributed by atoms with E-state index in [0.717, 1.165) is 11.4 Å². The van der Waals surface area contributed by atoms with Crippen molar-refractivity contribution in [1.82, 2.24) is 9.97 Å². The highest BCUT2D eigenvalue weighted by Gasteiger charge is 2.12. The Labute approximate surface area is 99.6 Å². The summed E-state index contributed by atoms with van der Waals surface area (Å²) in [6.07, 6.45) is 0. The van der Waals surface area contributed by atoms with E-state index in [1.54, 1.807) is 6.07 Å². The number of hydrogen-bond donors (Lipinski definition) is 3. The molecule has 0 bridgehead atoms. The van der Waals surface area contributed by atoms with Gasteiger partial charge in [-0.25, -0.2) is 9.19 Å². The lowest BCUT2D eigenvalue weighted by Gasteiger charge is -2.06. The van der Waals surface area contributed by atoms with E-state index in [4.69, 9.17) is 16.2 Å². The predicted molar refractivity (Wildman–Crippen MR) is 65.0 cm³/mol. The molecule has 86 valence electrons. The van der Waals surface area contributed by atoms with E-state index in [1.165, 1.54) is 0 Å². The molecule has 0 aliphatic heterocycles. The summed E-state index contributed by atoms with van der Waals surface area (Å²) < 4.78 is 22.0. The number of aromatic amines is 1. The molecule has 1 unspecified atom stereocenters. The lowest BCUT2D eigenvalue weighted by Crippen LogP contribution is -2.02. The molecule has 1 aromatic heterocycles. The van der Waals surface area contributed by atoms with Crippen molar-refractivity contribution in [3.8, 4) is 0 Å². The monoisotopic (exact) mass is 259 g/mol. The minimum atomic E-state index is -2.13. The Morgan fingerprint density at radius 2 is 2.25 bits per heavy atom. The highest BCUT2D eigenvalue weighted by molar-refractivity contribution is 7.80. The number of hydrogen-bond acceptors (Lipinski definition) is 2. The van der Waals surface area contributed by atoms with Gasteiger partial charge in [0.1, 0.15) is 5.82 Å². The van der Waals surface area contributed by atoms with Crippen LogP contribution in [0.3, 0.4) is 0 Å². The van der Waals surface area contributed by atoms with Gasteiger partial charge in [0.05, 0.1) is 16.7 Å². The van der Waals surface area contributed by atoms with Gasteiger partial charge in [0.15, 0.2) is 0 Å². The van der Waals surface area contributed by atoms with Crippen molar-refractivity contribution < 1.29 is 8.76 Å². The molecule has 0 aliphatic carbocycles. The molecule has 2 aromatic rings. The highest BCUT2D eigenvalue weighted by atomic mass is 35.5. The summed E-state index contributed by atoms with van der Waals surface area (Å²) in [5, 5.41) is 0.506. The summed E-state index contributed by atoms with van der Waals surface area (Å²) in [6.45, 7) is 3.66. The summed E-state index contributed by atoms with van der Waals surface area (Å²) >= 11 is 3.88. The molecule has 16 heavy (non-hydrogen) atoms. The van der Waals surface area contributed by atoms with Crippen LogP contribution in [0.15, 0.2) is 6.07 Å². The van der Waals surface area contributed by atoms with Gasteiger partial charge >= 0.3 is 0 Å². The summed E-state index contributed by atoms with van der Waals surface area (Å²) in [5.74, 6) is 0.729. The van der Waals surface area contributed by atoms with E-state index in [0.29, 0.717) is 21.7 Å². The number of rotatable bonds is 2. The maximum atomic E-state index is 10.7. The van der Waals surface area contributed by atoms with Crippen molar-refractivity contribution >= 4 is 39.6 Å². The summed E-state index contributed by atoms with van der Waals surface area (Å²) in [6, 6.07) is 1.60. The van der Waals surface area contributed by atoms with E-state index in [-0.39, 0.29) is 0 Å². The Bertz CT molecular complexity index is 582. The second kappa shape index (κ2) is 4.04. The number of fused-ring (bicyclic) bond motifs is 1. The van der Waals surface area contributed by atoms with E-state index in [2.05, 4.69) is 14.7 Å². The summed E-state index contributed by atoms with van der Waals surface area (Å²) in [5.41, 5.74) is 2.70. The Kier molecular flexibility index (Phi) is 2.88. The molecule has 1 atom stereocenters. The van der Waals surface area contributed by atoms with Crippen molar-refractivity contribution in [2.24, 2.45) is 0 Å². The molecule has 0 saturated heterocycles. The fraction of sp³-hybridized carbons (Fsp3) is 0.222. The minimum Gasteiger partial charge on any atom is -0.340 e. The van der Waals surface area contributed by atoms with Crippen molar-refractivity contribution in [1.29, 1.82) is 0 Å². The molecule has 0 fully saturated rings. The molecule has 0 spiro atoms. The molecule has 5 nitrogen and oxygen atoms in total.